The lowest BCUT2D eigenvalue weighted by atomic mass is 9.98. The van der Waals surface area contributed by atoms with Crippen LogP contribution in [0.5, 0.6) is 0 Å². The van der Waals surface area contributed by atoms with Gasteiger partial charge in [0.2, 0.25) is 0 Å². The minimum absolute atomic E-state index is 0.654. The van der Waals surface area contributed by atoms with Gasteiger partial charge in [-0.1, -0.05) is 37.6 Å². The first kappa shape index (κ1) is 13.6. The summed E-state index contributed by atoms with van der Waals surface area (Å²) in [6, 6.07) is 8.59. The zero-order valence-electron chi connectivity index (χ0n) is 11.6. The largest absolute Gasteiger partial charge is 0.326 e. The number of hydrogen-bond acceptors (Lipinski definition) is 2. The molecule has 0 bridgehead atoms. The second-order valence-corrected chi connectivity index (χ2v) is 5.45. The van der Waals surface area contributed by atoms with Gasteiger partial charge in [-0.3, -0.25) is 4.90 Å². The molecule has 18 heavy (non-hydrogen) atoms. The van der Waals surface area contributed by atoms with E-state index >= 15 is 0 Å². The minimum atomic E-state index is 0.654. The van der Waals surface area contributed by atoms with E-state index in [1.807, 2.05) is 0 Å². The first-order valence-corrected chi connectivity index (χ1v) is 7.32. The van der Waals surface area contributed by atoms with Crippen LogP contribution in [0.1, 0.15) is 43.7 Å². The lowest BCUT2D eigenvalue weighted by Crippen LogP contribution is -2.25. The summed E-state index contributed by atoms with van der Waals surface area (Å²) in [7, 11) is 0. The van der Waals surface area contributed by atoms with E-state index in [9.17, 15) is 0 Å². The second kappa shape index (κ2) is 6.91. The molecule has 2 rings (SSSR count). The lowest BCUT2D eigenvalue weighted by Gasteiger charge is -2.21. The minimum Gasteiger partial charge on any atom is -0.326 e. The molecule has 1 fully saturated rings. The topological polar surface area (TPSA) is 29.3 Å². The molecule has 2 N–H and O–H groups in total. The summed E-state index contributed by atoms with van der Waals surface area (Å²) in [6.45, 7) is 6.54. The van der Waals surface area contributed by atoms with Crippen molar-refractivity contribution in [3.8, 4) is 0 Å². The molecule has 0 radical (unpaired) electrons. The van der Waals surface area contributed by atoms with E-state index in [2.05, 4.69) is 36.1 Å². The molecule has 1 atom stereocenters. The highest BCUT2D eigenvalue weighted by Crippen LogP contribution is 2.22. The van der Waals surface area contributed by atoms with Crippen molar-refractivity contribution in [3.05, 3.63) is 35.4 Å². The van der Waals surface area contributed by atoms with Crippen LogP contribution in [0.25, 0.3) is 0 Å². The third-order valence-corrected chi connectivity index (χ3v) is 4.25. The normalized spacial score (nSPS) is 21.8. The van der Waals surface area contributed by atoms with Gasteiger partial charge in [0.25, 0.3) is 0 Å². The van der Waals surface area contributed by atoms with E-state index < -0.39 is 0 Å². The fraction of sp³-hybridized carbons (Fsp3) is 0.625. The molecule has 100 valence electrons. The predicted octanol–water partition coefficient (Wildman–Crippen LogP) is 3.16. The highest BCUT2D eigenvalue weighted by atomic mass is 15.1. The van der Waals surface area contributed by atoms with E-state index in [1.54, 1.807) is 0 Å². The zero-order valence-corrected chi connectivity index (χ0v) is 11.6. The van der Waals surface area contributed by atoms with E-state index in [-0.39, 0.29) is 0 Å². The molecule has 1 aromatic rings. The maximum absolute atomic E-state index is 5.81. The van der Waals surface area contributed by atoms with Crippen LogP contribution in [0.4, 0.5) is 0 Å². The van der Waals surface area contributed by atoms with Crippen LogP contribution >= 0.6 is 0 Å². The predicted molar refractivity (Wildman–Crippen MR) is 77.2 cm³/mol. The number of nitrogens with two attached hydrogens (primary N) is 1. The fourth-order valence-electron chi connectivity index (χ4n) is 2.94. The van der Waals surface area contributed by atoms with Crippen LogP contribution in [0, 0.1) is 5.92 Å². The number of nitrogens with zero attached hydrogens (tertiary/aromatic N) is 1. The van der Waals surface area contributed by atoms with Gasteiger partial charge in [0.1, 0.15) is 0 Å². The number of rotatable bonds is 4. The SMILES string of the molecule is CCC1CCCN(Cc2ccccc2CN)CC1. The molecule has 0 aromatic heterocycles. The lowest BCUT2D eigenvalue weighted by molar-refractivity contribution is 0.271. The molecular formula is C16H26N2. The number of hydrogen-bond donors (Lipinski definition) is 1. The van der Waals surface area contributed by atoms with Crippen LogP contribution in [0.3, 0.4) is 0 Å². The highest BCUT2D eigenvalue weighted by Gasteiger charge is 2.16. The van der Waals surface area contributed by atoms with Crippen molar-refractivity contribution < 1.29 is 0 Å². The Balaban J connectivity index is 1.96. The molecule has 2 heteroatoms. The van der Waals surface area contributed by atoms with Gasteiger partial charge in [-0.2, -0.15) is 0 Å². The van der Waals surface area contributed by atoms with Gasteiger partial charge < -0.3 is 5.73 Å². The molecule has 1 aliphatic rings. The summed E-state index contributed by atoms with van der Waals surface area (Å²) < 4.78 is 0. The second-order valence-electron chi connectivity index (χ2n) is 5.45. The van der Waals surface area contributed by atoms with E-state index in [1.165, 1.54) is 49.9 Å². The van der Waals surface area contributed by atoms with Crippen molar-refractivity contribution in [2.45, 2.75) is 45.7 Å². The van der Waals surface area contributed by atoms with Crippen LogP contribution in [0.15, 0.2) is 24.3 Å². The maximum Gasteiger partial charge on any atom is 0.0236 e. The molecule has 0 spiro atoms. The van der Waals surface area contributed by atoms with Gasteiger partial charge in [-0.15, -0.1) is 0 Å². The van der Waals surface area contributed by atoms with Crippen molar-refractivity contribution in [2.75, 3.05) is 13.1 Å². The Morgan fingerprint density at radius 3 is 2.67 bits per heavy atom. The monoisotopic (exact) mass is 246 g/mol. The van der Waals surface area contributed by atoms with Crippen molar-refractivity contribution >= 4 is 0 Å². The third-order valence-electron chi connectivity index (χ3n) is 4.25. The van der Waals surface area contributed by atoms with Gasteiger partial charge in [-0.25, -0.2) is 0 Å². The molecular weight excluding hydrogens is 220 g/mol. The Bertz CT molecular complexity index is 362. The quantitative estimate of drug-likeness (QED) is 0.884. The van der Waals surface area contributed by atoms with Crippen molar-refractivity contribution in [1.29, 1.82) is 0 Å². The van der Waals surface area contributed by atoms with Crippen molar-refractivity contribution in [2.24, 2.45) is 11.7 Å². The first-order chi connectivity index (χ1) is 8.83. The average molecular weight is 246 g/mol. The highest BCUT2D eigenvalue weighted by molar-refractivity contribution is 5.26. The van der Waals surface area contributed by atoms with E-state index in [0.717, 1.165) is 12.5 Å². The molecule has 0 aliphatic carbocycles. The number of likely N-dealkylation sites (tertiary alicyclic amines) is 1. The Morgan fingerprint density at radius 1 is 1.17 bits per heavy atom. The van der Waals surface area contributed by atoms with E-state index in [4.69, 9.17) is 5.73 Å². The van der Waals surface area contributed by atoms with Gasteiger partial charge in [0.05, 0.1) is 0 Å². The summed E-state index contributed by atoms with van der Waals surface area (Å²) in [6.07, 6.45) is 5.46. The van der Waals surface area contributed by atoms with Gasteiger partial charge in [0.15, 0.2) is 0 Å². The summed E-state index contributed by atoms with van der Waals surface area (Å²) in [5.74, 6) is 0.944. The maximum atomic E-state index is 5.81. The molecule has 1 heterocycles. The van der Waals surface area contributed by atoms with E-state index in [0.29, 0.717) is 6.54 Å². The van der Waals surface area contributed by atoms with Gasteiger partial charge in [0, 0.05) is 13.1 Å². The molecule has 0 saturated carbocycles. The molecule has 1 saturated heterocycles. The average Bonchev–Trinajstić information content (AvgIpc) is 2.64. The zero-order chi connectivity index (χ0) is 12.8. The summed E-state index contributed by atoms with van der Waals surface area (Å²) in [4.78, 5) is 2.60. The van der Waals surface area contributed by atoms with Crippen molar-refractivity contribution in [3.63, 3.8) is 0 Å². The molecule has 1 aliphatic heterocycles. The number of benzene rings is 1. The van der Waals surface area contributed by atoms with Crippen molar-refractivity contribution in [1.82, 2.24) is 4.90 Å². The van der Waals surface area contributed by atoms with Gasteiger partial charge >= 0.3 is 0 Å². The van der Waals surface area contributed by atoms with Crippen LogP contribution in [-0.4, -0.2) is 18.0 Å². The smallest absolute Gasteiger partial charge is 0.0236 e. The Morgan fingerprint density at radius 2 is 1.94 bits per heavy atom. The standard InChI is InChI=1S/C16H26N2/c1-2-14-6-5-10-18(11-9-14)13-16-8-4-3-7-15(16)12-17/h3-4,7-8,14H,2,5-6,9-13,17H2,1H3. The summed E-state index contributed by atoms with van der Waals surface area (Å²) in [5, 5.41) is 0. The van der Waals surface area contributed by atoms with Crippen LogP contribution in [0.2, 0.25) is 0 Å². The summed E-state index contributed by atoms with van der Waals surface area (Å²) in [5.41, 5.74) is 8.52. The Kier molecular flexibility index (Phi) is 5.21. The first-order valence-electron chi connectivity index (χ1n) is 7.32. The molecule has 1 aromatic carbocycles. The molecule has 2 nitrogen and oxygen atoms in total. The van der Waals surface area contributed by atoms with Crippen LogP contribution < -0.4 is 5.73 Å². The van der Waals surface area contributed by atoms with Crippen LogP contribution in [-0.2, 0) is 13.1 Å². The van der Waals surface area contributed by atoms with Gasteiger partial charge in [-0.05, 0) is 49.4 Å². The Hall–Kier alpha value is -0.860. The molecule has 1 unspecified atom stereocenters. The Labute approximate surface area is 111 Å². The fourth-order valence-corrected chi connectivity index (χ4v) is 2.94. The summed E-state index contributed by atoms with van der Waals surface area (Å²) >= 11 is 0. The molecule has 0 amide bonds. The third kappa shape index (κ3) is 3.56.